The molecule has 1 N–H and O–H groups in total. The Morgan fingerprint density at radius 3 is 2.56 bits per heavy atom. The lowest BCUT2D eigenvalue weighted by Gasteiger charge is -2.08. The van der Waals surface area contributed by atoms with Crippen LogP contribution in [0.15, 0.2) is 34.9 Å². The minimum atomic E-state index is -0.580. The maximum Gasteiger partial charge on any atom is 0.143 e. The third-order valence-electron chi connectivity index (χ3n) is 2.33. The number of nitrogens with one attached hydrogen (secondary N) is 1. The van der Waals surface area contributed by atoms with Crippen molar-refractivity contribution in [1.82, 2.24) is 4.98 Å². The van der Waals surface area contributed by atoms with E-state index in [1.165, 1.54) is 24.4 Å². The van der Waals surface area contributed by atoms with E-state index >= 15 is 0 Å². The molecule has 0 unspecified atom stereocenters. The zero-order chi connectivity index (χ0) is 13.1. The van der Waals surface area contributed by atoms with Crippen LogP contribution in [-0.2, 0) is 6.54 Å². The van der Waals surface area contributed by atoms with Gasteiger partial charge in [0.2, 0.25) is 0 Å². The topological polar surface area (TPSA) is 24.9 Å². The first kappa shape index (κ1) is 13.2. The minimum absolute atomic E-state index is 0.0106. The van der Waals surface area contributed by atoms with E-state index in [2.05, 4.69) is 26.2 Å². The van der Waals surface area contributed by atoms with Crippen LogP contribution in [0.4, 0.5) is 14.5 Å². The van der Waals surface area contributed by atoms with Gasteiger partial charge in [-0.15, -0.1) is 0 Å². The zero-order valence-corrected chi connectivity index (χ0v) is 11.4. The molecule has 0 bridgehead atoms. The van der Waals surface area contributed by atoms with Crippen LogP contribution in [0.25, 0.3) is 0 Å². The van der Waals surface area contributed by atoms with Gasteiger partial charge in [-0.05, 0) is 34.1 Å². The van der Waals surface area contributed by atoms with Gasteiger partial charge in [0.1, 0.15) is 16.8 Å². The van der Waals surface area contributed by atoms with Crippen molar-refractivity contribution in [1.29, 1.82) is 0 Å². The Morgan fingerprint density at radius 1 is 1.28 bits per heavy atom. The molecule has 0 saturated heterocycles. The summed E-state index contributed by atoms with van der Waals surface area (Å²) < 4.78 is 27.4. The lowest BCUT2D eigenvalue weighted by Crippen LogP contribution is -2.04. The third-order valence-corrected chi connectivity index (χ3v) is 3.46. The maximum absolute atomic E-state index is 13.4. The monoisotopic (exact) mass is 332 g/mol. The molecule has 0 spiro atoms. The van der Waals surface area contributed by atoms with Gasteiger partial charge < -0.3 is 5.32 Å². The number of rotatable bonds is 3. The van der Waals surface area contributed by atoms with Crippen LogP contribution in [0.3, 0.4) is 0 Å². The van der Waals surface area contributed by atoms with Crippen LogP contribution >= 0.6 is 27.5 Å². The average molecular weight is 334 g/mol. The molecule has 1 heterocycles. The Bertz CT molecular complexity index is 558. The van der Waals surface area contributed by atoms with Crippen molar-refractivity contribution in [2.24, 2.45) is 0 Å². The summed E-state index contributed by atoms with van der Waals surface area (Å²) in [4.78, 5) is 3.90. The van der Waals surface area contributed by atoms with E-state index in [-0.39, 0.29) is 12.1 Å². The molecule has 0 radical (unpaired) electrons. The van der Waals surface area contributed by atoms with Crippen molar-refractivity contribution in [2.45, 2.75) is 6.54 Å². The Balaban J connectivity index is 2.14. The van der Waals surface area contributed by atoms with E-state index in [1.807, 2.05) is 0 Å². The maximum atomic E-state index is 13.4. The van der Waals surface area contributed by atoms with Crippen LogP contribution < -0.4 is 5.32 Å². The molecule has 2 aromatic rings. The summed E-state index contributed by atoms with van der Waals surface area (Å²) in [6.45, 7) is 0.0360. The number of aromatic nitrogens is 1. The number of hydrogen-bond acceptors (Lipinski definition) is 2. The lowest BCUT2D eigenvalue weighted by atomic mass is 10.2. The van der Waals surface area contributed by atoms with Crippen LogP contribution in [0, 0.1) is 11.6 Å². The lowest BCUT2D eigenvalue weighted by molar-refractivity contribution is 0.560. The average Bonchev–Trinajstić information content (AvgIpc) is 2.33. The van der Waals surface area contributed by atoms with E-state index in [4.69, 9.17) is 11.6 Å². The van der Waals surface area contributed by atoms with Gasteiger partial charge in [0.25, 0.3) is 0 Å². The van der Waals surface area contributed by atoms with E-state index in [0.29, 0.717) is 15.3 Å². The van der Waals surface area contributed by atoms with E-state index in [1.54, 1.807) is 6.07 Å². The Kier molecular flexibility index (Phi) is 4.14. The van der Waals surface area contributed by atoms with Gasteiger partial charge in [0.15, 0.2) is 0 Å². The number of nitrogens with zero attached hydrogens (tertiary/aromatic N) is 1. The number of anilines is 1. The molecule has 2 nitrogen and oxygen atoms in total. The largest absolute Gasteiger partial charge is 0.379 e. The molecule has 1 aromatic carbocycles. The Morgan fingerprint density at radius 2 is 1.94 bits per heavy atom. The van der Waals surface area contributed by atoms with Crippen LogP contribution in [0.2, 0.25) is 5.15 Å². The second-order valence-electron chi connectivity index (χ2n) is 3.55. The molecule has 6 heteroatoms. The highest BCUT2D eigenvalue weighted by Gasteiger charge is 2.08. The van der Waals surface area contributed by atoms with Crippen LogP contribution in [0.5, 0.6) is 0 Å². The number of pyridine rings is 1. The van der Waals surface area contributed by atoms with Crippen molar-refractivity contribution in [3.05, 3.63) is 57.3 Å². The zero-order valence-electron chi connectivity index (χ0n) is 9.05. The molecule has 18 heavy (non-hydrogen) atoms. The van der Waals surface area contributed by atoms with Crippen molar-refractivity contribution < 1.29 is 8.78 Å². The number of benzene rings is 1. The molecule has 2 rings (SSSR count). The van der Waals surface area contributed by atoms with Crippen LogP contribution in [-0.4, -0.2) is 4.98 Å². The van der Waals surface area contributed by atoms with Gasteiger partial charge in [0.05, 0.1) is 16.4 Å². The molecular weight excluding hydrogens is 325 g/mol. The predicted octanol–water partition coefficient (Wildman–Crippen LogP) is 4.39. The molecule has 0 atom stereocenters. The fraction of sp³-hybridized carbons (Fsp3) is 0.0833. The summed E-state index contributed by atoms with van der Waals surface area (Å²) in [5, 5.41) is 3.21. The summed E-state index contributed by atoms with van der Waals surface area (Å²) in [6, 6.07) is 5.45. The normalized spacial score (nSPS) is 10.4. The van der Waals surface area contributed by atoms with Gasteiger partial charge in [0, 0.05) is 12.1 Å². The van der Waals surface area contributed by atoms with Crippen molar-refractivity contribution in [2.75, 3.05) is 5.32 Å². The predicted molar refractivity (Wildman–Crippen MR) is 70.6 cm³/mol. The summed E-state index contributed by atoms with van der Waals surface area (Å²) >= 11 is 8.96. The van der Waals surface area contributed by atoms with Crippen molar-refractivity contribution in [3.8, 4) is 0 Å². The molecule has 0 aliphatic rings. The molecule has 0 fully saturated rings. The van der Waals surface area contributed by atoms with Gasteiger partial charge in [-0.25, -0.2) is 13.8 Å². The first-order valence-electron chi connectivity index (χ1n) is 5.05. The molecule has 0 aliphatic heterocycles. The van der Waals surface area contributed by atoms with Crippen molar-refractivity contribution >= 4 is 33.2 Å². The van der Waals surface area contributed by atoms with Crippen molar-refractivity contribution in [3.63, 3.8) is 0 Å². The second kappa shape index (κ2) is 5.63. The number of hydrogen-bond donors (Lipinski definition) is 1. The second-order valence-corrected chi connectivity index (χ2v) is 4.76. The highest BCUT2D eigenvalue weighted by Crippen LogP contribution is 2.23. The summed E-state index contributed by atoms with van der Waals surface area (Å²) in [5.74, 6) is -1.16. The molecule has 1 aromatic heterocycles. The SMILES string of the molecule is Fc1cccc(F)c1CNc1cnc(Cl)c(Br)c1. The standard InChI is InChI=1S/C12H8BrClF2N2/c13-9-4-7(5-18-12(9)14)17-6-8-10(15)2-1-3-11(8)16/h1-5,17H,6H2. The quantitative estimate of drug-likeness (QED) is 0.843. The van der Waals surface area contributed by atoms with Gasteiger partial charge in [-0.2, -0.15) is 0 Å². The Labute approximate surface area is 116 Å². The van der Waals surface area contributed by atoms with Crippen LogP contribution in [0.1, 0.15) is 5.56 Å². The summed E-state index contributed by atoms with van der Waals surface area (Å²) in [7, 11) is 0. The fourth-order valence-electron chi connectivity index (χ4n) is 1.41. The summed E-state index contributed by atoms with van der Waals surface area (Å²) in [6.07, 6.45) is 1.49. The first-order chi connectivity index (χ1) is 8.58. The van der Waals surface area contributed by atoms with E-state index in [9.17, 15) is 8.78 Å². The molecule has 0 amide bonds. The van der Waals surface area contributed by atoms with E-state index < -0.39 is 11.6 Å². The highest BCUT2D eigenvalue weighted by atomic mass is 79.9. The van der Waals surface area contributed by atoms with Gasteiger partial charge in [-0.3, -0.25) is 0 Å². The molecule has 0 aliphatic carbocycles. The van der Waals surface area contributed by atoms with E-state index in [0.717, 1.165) is 0 Å². The smallest absolute Gasteiger partial charge is 0.143 e. The van der Waals surface area contributed by atoms with Gasteiger partial charge in [-0.1, -0.05) is 17.7 Å². The molecule has 0 saturated carbocycles. The van der Waals surface area contributed by atoms with Gasteiger partial charge >= 0.3 is 0 Å². The highest BCUT2D eigenvalue weighted by molar-refractivity contribution is 9.10. The minimum Gasteiger partial charge on any atom is -0.379 e. The summed E-state index contributed by atoms with van der Waals surface area (Å²) in [5.41, 5.74) is 0.609. The third kappa shape index (κ3) is 2.97. The molecule has 94 valence electrons. The fourth-order valence-corrected chi connectivity index (χ4v) is 1.86. The molecular formula is C12H8BrClF2N2. The number of halogens is 4. The Hall–Kier alpha value is -1.20. The first-order valence-corrected chi connectivity index (χ1v) is 6.23.